The Labute approximate surface area is 185 Å². The summed E-state index contributed by atoms with van der Waals surface area (Å²) in [5, 5.41) is 5.96. The molecular formula is C25H22FN5O. The summed E-state index contributed by atoms with van der Waals surface area (Å²) in [7, 11) is 0. The summed E-state index contributed by atoms with van der Waals surface area (Å²) in [6, 6.07) is 17.0. The number of carbonyl (C=O) groups is 1. The first-order chi connectivity index (χ1) is 15.7. The first-order valence-electron chi connectivity index (χ1n) is 10.6. The number of carbonyl (C=O) groups excluding carboxylic acids is 1. The van der Waals surface area contributed by atoms with Gasteiger partial charge in [0, 0.05) is 42.3 Å². The number of amides is 1. The van der Waals surface area contributed by atoms with Gasteiger partial charge in [0.25, 0.3) is 5.91 Å². The highest BCUT2D eigenvalue weighted by molar-refractivity contribution is 6.08. The van der Waals surface area contributed by atoms with Crippen LogP contribution in [0.25, 0.3) is 11.3 Å². The van der Waals surface area contributed by atoms with Crippen molar-refractivity contribution >= 4 is 23.1 Å². The highest BCUT2D eigenvalue weighted by Gasteiger charge is 2.16. The smallest absolute Gasteiger partial charge is 0.259 e. The zero-order chi connectivity index (χ0) is 21.9. The van der Waals surface area contributed by atoms with Crippen molar-refractivity contribution in [3.8, 4) is 11.3 Å². The van der Waals surface area contributed by atoms with Crippen LogP contribution in [0.1, 0.15) is 29.0 Å². The Morgan fingerprint density at radius 1 is 1.00 bits per heavy atom. The van der Waals surface area contributed by atoms with Gasteiger partial charge in [0.05, 0.1) is 11.3 Å². The van der Waals surface area contributed by atoms with Crippen LogP contribution in [0.2, 0.25) is 0 Å². The van der Waals surface area contributed by atoms with Gasteiger partial charge in [-0.25, -0.2) is 14.4 Å². The summed E-state index contributed by atoms with van der Waals surface area (Å²) < 4.78 is 15.7. The van der Waals surface area contributed by atoms with E-state index in [1.165, 1.54) is 25.0 Å². The van der Waals surface area contributed by atoms with Crippen molar-refractivity contribution in [2.75, 3.05) is 10.6 Å². The van der Waals surface area contributed by atoms with E-state index in [2.05, 4.69) is 26.4 Å². The fraction of sp³-hybridized carbons (Fsp3) is 0.160. The van der Waals surface area contributed by atoms with Crippen LogP contribution < -0.4 is 10.6 Å². The zero-order valence-corrected chi connectivity index (χ0v) is 17.4. The van der Waals surface area contributed by atoms with Crippen LogP contribution in [0.5, 0.6) is 0 Å². The van der Waals surface area contributed by atoms with E-state index in [0.29, 0.717) is 22.8 Å². The molecule has 0 radical (unpaired) electrons. The minimum Gasteiger partial charge on any atom is -0.339 e. The summed E-state index contributed by atoms with van der Waals surface area (Å²) in [4.78, 5) is 22.0. The van der Waals surface area contributed by atoms with Crippen LogP contribution in [0.4, 0.5) is 21.6 Å². The monoisotopic (exact) mass is 427 g/mol. The molecule has 1 aliphatic heterocycles. The lowest BCUT2D eigenvalue weighted by molar-refractivity contribution is 0.102. The summed E-state index contributed by atoms with van der Waals surface area (Å²) >= 11 is 0. The summed E-state index contributed by atoms with van der Waals surface area (Å²) in [5.74, 6) is 0.797. The third-order valence-electron chi connectivity index (χ3n) is 5.46. The SMILES string of the molecule is O=C(Nc1cccc(-c2cn3c(n2)CCCC3)c1)c1cccnc1Nc1cccc(F)c1. The number of rotatable bonds is 5. The molecule has 0 saturated carbocycles. The molecule has 6 nitrogen and oxygen atoms in total. The van der Waals surface area contributed by atoms with E-state index < -0.39 is 0 Å². The molecule has 3 heterocycles. The normalized spacial score (nSPS) is 12.8. The lowest BCUT2D eigenvalue weighted by atomic mass is 10.1. The molecule has 0 unspecified atom stereocenters. The van der Waals surface area contributed by atoms with Crippen LogP contribution >= 0.6 is 0 Å². The number of aromatic nitrogens is 3. The van der Waals surface area contributed by atoms with Crippen LogP contribution in [0.3, 0.4) is 0 Å². The second-order valence-electron chi connectivity index (χ2n) is 7.76. The number of halogens is 1. The number of benzene rings is 2. The molecule has 2 aromatic heterocycles. The maximum absolute atomic E-state index is 13.5. The zero-order valence-electron chi connectivity index (χ0n) is 17.4. The van der Waals surface area contributed by atoms with Gasteiger partial charge in [-0.2, -0.15) is 0 Å². The molecule has 160 valence electrons. The number of pyridine rings is 1. The van der Waals surface area contributed by atoms with Gasteiger partial charge in [-0.05, 0) is 55.3 Å². The molecule has 2 aromatic carbocycles. The van der Waals surface area contributed by atoms with E-state index in [1.807, 2.05) is 24.3 Å². The molecule has 0 atom stereocenters. The Balaban J connectivity index is 1.37. The van der Waals surface area contributed by atoms with Gasteiger partial charge in [0.1, 0.15) is 17.5 Å². The van der Waals surface area contributed by atoms with Gasteiger partial charge in [-0.1, -0.05) is 18.2 Å². The fourth-order valence-electron chi connectivity index (χ4n) is 3.90. The first kappa shape index (κ1) is 19.9. The Hall–Kier alpha value is -4.00. The van der Waals surface area contributed by atoms with E-state index in [4.69, 9.17) is 4.98 Å². The quantitative estimate of drug-likeness (QED) is 0.446. The van der Waals surface area contributed by atoms with E-state index in [9.17, 15) is 9.18 Å². The predicted octanol–water partition coefficient (Wildman–Crippen LogP) is 5.42. The highest BCUT2D eigenvalue weighted by atomic mass is 19.1. The number of nitrogens with zero attached hydrogens (tertiary/aromatic N) is 3. The molecule has 4 aromatic rings. The lowest BCUT2D eigenvalue weighted by Crippen LogP contribution is -2.14. The largest absolute Gasteiger partial charge is 0.339 e. The second-order valence-corrected chi connectivity index (χ2v) is 7.76. The third kappa shape index (κ3) is 4.23. The van der Waals surface area contributed by atoms with Crippen molar-refractivity contribution in [1.82, 2.24) is 14.5 Å². The van der Waals surface area contributed by atoms with Gasteiger partial charge in [-0.15, -0.1) is 0 Å². The summed E-state index contributed by atoms with van der Waals surface area (Å²) in [6.45, 7) is 1.00. The maximum atomic E-state index is 13.5. The third-order valence-corrected chi connectivity index (χ3v) is 5.46. The molecule has 2 N–H and O–H groups in total. The van der Waals surface area contributed by atoms with Gasteiger partial charge >= 0.3 is 0 Å². The van der Waals surface area contributed by atoms with Crippen LogP contribution in [0, 0.1) is 5.82 Å². The molecule has 1 aliphatic rings. The standard InChI is InChI=1S/C25H22FN5O/c26-18-7-4-9-20(15-18)28-24-21(10-5-12-27-24)25(32)29-19-8-3-6-17(14-19)22-16-31-13-2-1-11-23(31)30-22/h3-10,12,14-16H,1-2,11,13H2,(H,27,28)(H,29,32). The van der Waals surface area contributed by atoms with Crippen LogP contribution in [-0.4, -0.2) is 20.4 Å². The molecule has 0 fully saturated rings. The topological polar surface area (TPSA) is 71.8 Å². The van der Waals surface area contributed by atoms with Crippen molar-refractivity contribution in [2.24, 2.45) is 0 Å². The van der Waals surface area contributed by atoms with Crippen LogP contribution in [-0.2, 0) is 13.0 Å². The Morgan fingerprint density at radius 3 is 2.75 bits per heavy atom. The molecule has 7 heteroatoms. The molecular weight excluding hydrogens is 405 g/mol. The number of hydrogen-bond acceptors (Lipinski definition) is 4. The molecule has 0 spiro atoms. The van der Waals surface area contributed by atoms with Crippen molar-refractivity contribution in [3.63, 3.8) is 0 Å². The van der Waals surface area contributed by atoms with E-state index >= 15 is 0 Å². The maximum Gasteiger partial charge on any atom is 0.259 e. The van der Waals surface area contributed by atoms with Gasteiger partial charge in [0.2, 0.25) is 0 Å². The Morgan fingerprint density at radius 2 is 1.88 bits per heavy atom. The number of imidazole rings is 1. The van der Waals surface area contributed by atoms with Crippen molar-refractivity contribution in [1.29, 1.82) is 0 Å². The highest BCUT2D eigenvalue weighted by Crippen LogP contribution is 2.26. The predicted molar refractivity (Wildman–Crippen MR) is 122 cm³/mol. The van der Waals surface area contributed by atoms with Crippen molar-refractivity contribution in [2.45, 2.75) is 25.8 Å². The number of aryl methyl sites for hydroxylation is 2. The van der Waals surface area contributed by atoms with E-state index in [-0.39, 0.29) is 11.7 Å². The molecule has 1 amide bonds. The minimum atomic E-state index is -0.366. The van der Waals surface area contributed by atoms with Crippen molar-refractivity contribution < 1.29 is 9.18 Å². The average molecular weight is 427 g/mol. The number of fused-ring (bicyclic) bond motifs is 1. The lowest BCUT2D eigenvalue weighted by Gasteiger charge is -2.12. The molecule has 32 heavy (non-hydrogen) atoms. The number of anilines is 3. The van der Waals surface area contributed by atoms with Crippen LogP contribution in [0.15, 0.2) is 73.1 Å². The number of nitrogens with one attached hydrogen (secondary N) is 2. The second kappa shape index (κ2) is 8.63. The van der Waals surface area contributed by atoms with Crippen molar-refractivity contribution in [3.05, 3.63) is 90.3 Å². The van der Waals surface area contributed by atoms with E-state index in [1.54, 1.807) is 30.5 Å². The number of hydrogen-bond donors (Lipinski definition) is 2. The Kier molecular flexibility index (Phi) is 5.37. The molecule has 0 aliphatic carbocycles. The molecule has 0 bridgehead atoms. The van der Waals surface area contributed by atoms with Gasteiger partial charge in [-0.3, -0.25) is 4.79 Å². The first-order valence-corrected chi connectivity index (χ1v) is 10.6. The minimum absolute atomic E-state index is 0.307. The summed E-state index contributed by atoms with van der Waals surface area (Å²) in [5.41, 5.74) is 3.41. The fourth-order valence-corrected chi connectivity index (χ4v) is 3.90. The average Bonchev–Trinajstić information content (AvgIpc) is 3.24. The van der Waals surface area contributed by atoms with E-state index in [0.717, 1.165) is 30.0 Å². The van der Waals surface area contributed by atoms with Gasteiger partial charge in [0.15, 0.2) is 0 Å². The Bertz CT molecular complexity index is 1260. The summed E-state index contributed by atoms with van der Waals surface area (Å²) in [6.07, 6.45) is 7.01. The molecule has 5 rings (SSSR count). The molecule has 0 saturated heterocycles. The van der Waals surface area contributed by atoms with Gasteiger partial charge < -0.3 is 15.2 Å².